The molecule has 10 heavy (non-hydrogen) atoms. The van der Waals surface area contributed by atoms with Gasteiger partial charge in [-0.1, -0.05) is 0 Å². The maximum Gasteiger partial charge on any atom is 0.544 e. The highest BCUT2D eigenvalue weighted by atomic mass is 32.2. The zero-order valence-electron chi connectivity index (χ0n) is 4.68. The lowest BCUT2D eigenvalue weighted by atomic mass is 11.0. The molecule has 0 saturated heterocycles. The van der Waals surface area contributed by atoms with Gasteiger partial charge in [-0.05, 0) is 0 Å². The van der Waals surface area contributed by atoms with E-state index in [-0.39, 0.29) is 5.88 Å². The molecule has 1 radical (unpaired) electrons. The van der Waals surface area contributed by atoms with Crippen molar-refractivity contribution in [1.82, 2.24) is 5.06 Å². The number of alkyl halides is 3. The molecule has 1 aliphatic heterocycles. The molecule has 0 aromatic carbocycles. The number of thioether (sulfide) groups is 1. The largest absolute Gasteiger partial charge is 0.544 e. The first kappa shape index (κ1) is 7.74. The average Bonchev–Trinajstić information content (AvgIpc) is 2.12. The minimum Gasteiger partial charge on any atom is -0.233 e. The van der Waals surface area contributed by atoms with E-state index in [2.05, 4.69) is 11.0 Å². The molecule has 1 rings (SSSR count). The lowest BCUT2D eigenvalue weighted by Gasteiger charge is -2.14. The number of halogens is 3. The van der Waals surface area contributed by atoms with Crippen molar-refractivity contribution in [2.24, 2.45) is 0 Å². The first-order valence-electron chi connectivity index (χ1n) is 2.31. The molecule has 0 unspecified atom stereocenters. The lowest BCUT2D eigenvalue weighted by Crippen LogP contribution is -2.25. The maximum atomic E-state index is 11.4. The Bertz CT molecular complexity index is 146. The Labute approximate surface area is 59.6 Å². The van der Waals surface area contributed by atoms with E-state index in [1.807, 2.05) is 0 Å². The standard InChI is InChI=1S/C4H3F3NOS/c5-4(6,7)9-8-1-2-10-3-8/h2H,3H2. The van der Waals surface area contributed by atoms with Gasteiger partial charge < -0.3 is 0 Å². The minimum atomic E-state index is -4.61. The number of hydrogen-bond acceptors (Lipinski definition) is 3. The fraction of sp³-hybridized carbons (Fsp3) is 0.500. The van der Waals surface area contributed by atoms with Crippen LogP contribution in [0, 0.1) is 6.20 Å². The summed E-state index contributed by atoms with van der Waals surface area (Å²) in [4.78, 5) is 3.47. The molecule has 1 aliphatic rings. The van der Waals surface area contributed by atoms with E-state index in [0.29, 0.717) is 5.06 Å². The molecule has 2 nitrogen and oxygen atoms in total. The summed E-state index contributed by atoms with van der Waals surface area (Å²) in [6.45, 7) is 0. The lowest BCUT2D eigenvalue weighted by molar-refractivity contribution is -0.400. The summed E-state index contributed by atoms with van der Waals surface area (Å²) in [7, 11) is 0. The van der Waals surface area contributed by atoms with Crippen molar-refractivity contribution in [2.45, 2.75) is 6.36 Å². The Morgan fingerprint density at radius 3 is 2.70 bits per heavy atom. The van der Waals surface area contributed by atoms with Crippen molar-refractivity contribution in [1.29, 1.82) is 0 Å². The molecule has 6 heteroatoms. The van der Waals surface area contributed by atoms with Gasteiger partial charge in [-0.25, -0.2) is 5.06 Å². The number of nitrogens with zero attached hydrogens (tertiary/aromatic N) is 1. The van der Waals surface area contributed by atoms with Crippen molar-refractivity contribution in [3.8, 4) is 0 Å². The monoisotopic (exact) mass is 170 g/mol. The molecule has 0 bridgehead atoms. The second-order valence-electron chi connectivity index (χ2n) is 1.46. The molecule has 0 saturated carbocycles. The third-order valence-corrected chi connectivity index (χ3v) is 1.34. The minimum absolute atomic E-state index is 0.138. The Morgan fingerprint density at radius 2 is 2.30 bits per heavy atom. The topological polar surface area (TPSA) is 12.5 Å². The molecular formula is C4H3F3NOS. The normalized spacial score (nSPS) is 18.5. The Hall–Kier alpha value is -0.360. The van der Waals surface area contributed by atoms with Crippen molar-refractivity contribution in [3.63, 3.8) is 0 Å². The Morgan fingerprint density at radius 1 is 1.60 bits per heavy atom. The molecule has 0 atom stereocenters. The summed E-state index contributed by atoms with van der Waals surface area (Å²) in [5.41, 5.74) is 0. The molecule has 0 amide bonds. The first-order valence-corrected chi connectivity index (χ1v) is 3.36. The highest BCUT2D eigenvalue weighted by Gasteiger charge is 2.33. The summed E-state index contributed by atoms with van der Waals surface area (Å²) >= 11 is 1.19. The summed E-state index contributed by atoms with van der Waals surface area (Å²) in [5.74, 6) is 0.138. The van der Waals surface area contributed by atoms with Gasteiger partial charge in [0, 0.05) is 5.41 Å². The summed E-state index contributed by atoms with van der Waals surface area (Å²) < 4.78 is 34.1. The second-order valence-corrected chi connectivity index (χ2v) is 2.29. The smallest absolute Gasteiger partial charge is 0.233 e. The highest BCUT2D eigenvalue weighted by Crippen LogP contribution is 2.23. The van der Waals surface area contributed by atoms with Crippen molar-refractivity contribution in [3.05, 3.63) is 11.6 Å². The van der Waals surface area contributed by atoms with E-state index in [1.54, 1.807) is 0 Å². The van der Waals surface area contributed by atoms with Crippen molar-refractivity contribution >= 4 is 11.8 Å². The van der Waals surface area contributed by atoms with Gasteiger partial charge in [-0.3, -0.25) is 0 Å². The van der Waals surface area contributed by atoms with E-state index in [9.17, 15) is 13.2 Å². The van der Waals surface area contributed by atoms with E-state index < -0.39 is 6.36 Å². The van der Waals surface area contributed by atoms with Crippen LogP contribution in [0.15, 0.2) is 5.41 Å². The van der Waals surface area contributed by atoms with Crippen LogP contribution < -0.4 is 0 Å². The van der Waals surface area contributed by atoms with Crippen LogP contribution in [0.25, 0.3) is 0 Å². The number of hydrogen-bond donors (Lipinski definition) is 0. The van der Waals surface area contributed by atoms with Crippen LogP contribution in [-0.2, 0) is 4.84 Å². The van der Waals surface area contributed by atoms with Crippen LogP contribution in [-0.4, -0.2) is 17.3 Å². The molecule has 1 heterocycles. The van der Waals surface area contributed by atoms with Crippen LogP contribution in [0.5, 0.6) is 0 Å². The summed E-state index contributed by atoms with van der Waals surface area (Å²) in [6.07, 6.45) is -2.36. The van der Waals surface area contributed by atoms with Gasteiger partial charge in [-0.2, -0.15) is 4.84 Å². The van der Waals surface area contributed by atoms with E-state index in [0.717, 1.165) is 0 Å². The van der Waals surface area contributed by atoms with Crippen LogP contribution >= 0.6 is 11.8 Å². The molecule has 0 aromatic heterocycles. The van der Waals surface area contributed by atoms with Crippen LogP contribution in [0.3, 0.4) is 0 Å². The molecule has 0 aliphatic carbocycles. The van der Waals surface area contributed by atoms with Gasteiger partial charge in [0.1, 0.15) is 0 Å². The highest BCUT2D eigenvalue weighted by molar-refractivity contribution is 8.02. The summed E-state index contributed by atoms with van der Waals surface area (Å²) in [6, 6.07) is 0. The van der Waals surface area contributed by atoms with Crippen LogP contribution in [0.1, 0.15) is 0 Å². The molecule has 0 N–H and O–H groups in total. The molecule has 0 aromatic rings. The molecule has 0 spiro atoms. The Kier molecular flexibility index (Phi) is 2.10. The summed E-state index contributed by atoms with van der Waals surface area (Å²) in [5, 5.41) is 2.01. The quantitative estimate of drug-likeness (QED) is 0.594. The van der Waals surface area contributed by atoms with Gasteiger partial charge in [0.25, 0.3) is 0 Å². The van der Waals surface area contributed by atoms with Gasteiger partial charge in [0.15, 0.2) is 0 Å². The maximum absolute atomic E-state index is 11.4. The average molecular weight is 170 g/mol. The predicted octanol–water partition coefficient (Wildman–Crippen LogP) is 1.72. The van der Waals surface area contributed by atoms with Crippen molar-refractivity contribution in [2.75, 3.05) is 5.88 Å². The van der Waals surface area contributed by atoms with Gasteiger partial charge in [0.05, 0.1) is 12.1 Å². The second kappa shape index (κ2) is 2.71. The van der Waals surface area contributed by atoms with E-state index in [4.69, 9.17) is 0 Å². The zero-order valence-corrected chi connectivity index (χ0v) is 5.50. The third-order valence-electron chi connectivity index (χ3n) is 0.686. The predicted molar refractivity (Wildman–Crippen MR) is 29.2 cm³/mol. The zero-order chi connectivity index (χ0) is 7.61. The van der Waals surface area contributed by atoms with Crippen LogP contribution in [0.4, 0.5) is 13.2 Å². The van der Waals surface area contributed by atoms with Gasteiger partial charge in [0.2, 0.25) is 0 Å². The third kappa shape index (κ3) is 2.49. The number of hydroxylamine groups is 2. The molecule has 0 fully saturated rings. The Balaban J connectivity index is 2.31. The first-order chi connectivity index (χ1) is 4.58. The van der Waals surface area contributed by atoms with Crippen LogP contribution in [0.2, 0.25) is 0 Å². The van der Waals surface area contributed by atoms with E-state index in [1.165, 1.54) is 17.2 Å². The van der Waals surface area contributed by atoms with Crippen molar-refractivity contribution < 1.29 is 18.0 Å². The fourth-order valence-corrected chi connectivity index (χ4v) is 0.945. The molecule has 57 valence electrons. The fourth-order valence-electron chi connectivity index (χ4n) is 0.416. The molecular weight excluding hydrogens is 167 g/mol. The van der Waals surface area contributed by atoms with E-state index >= 15 is 0 Å². The number of rotatable bonds is 1. The van der Waals surface area contributed by atoms with Gasteiger partial charge in [-0.15, -0.1) is 24.9 Å². The SMILES string of the molecule is FC(F)(F)ON1[C]=CSC1. The van der Waals surface area contributed by atoms with Gasteiger partial charge >= 0.3 is 6.36 Å².